The van der Waals surface area contributed by atoms with Gasteiger partial charge in [-0.25, -0.2) is 0 Å². The Kier molecular flexibility index (Phi) is 4.19. The summed E-state index contributed by atoms with van der Waals surface area (Å²) in [7, 11) is -0.0970. The third-order valence-electron chi connectivity index (χ3n) is 4.62. The molecule has 2 rings (SSSR count). The van der Waals surface area contributed by atoms with Crippen LogP contribution >= 0.6 is 23.2 Å². The van der Waals surface area contributed by atoms with E-state index in [0.29, 0.717) is 5.03 Å². The van der Waals surface area contributed by atoms with E-state index in [0.717, 1.165) is 18.4 Å². The number of rotatable bonds is 4. The van der Waals surface area contributed by atoms with E-state index >= 15 is 0 Å². The van der Waals surface area contributed by atoms with Gasteiger partial charge in [0.2, 0.25) is 0 Å². The second-order valence-electron chi connectivity index (χ2n) is 7.30. The first-order valence-electron chi connectivity index (χ1n) is 7.36. The zero-order valence-corrected chi connectivity index (χ0v) is 15.9. The maximum atomic E-state index is 7.06. The fourth-order valence-electron chi connectivity index (χ4n) is 3.91. The summed E-state index contributed by atoms with van der Waals surface area (Å²) < 4.78 is 12.4. The lowest BCUT2D eigenvalue weighted by atomic mass is 10.00. The van der Waals surface area contributed by atoms with E-state index in [9.17, 15) is 0 Å². The summed E-state index contributed by atoms with van der Waals surface area (Å²) in [5.74, 6) is -0.753. The molecule has 1 spiro atoms. The molecule has 20 heavy (non-hydrogen) atoms. The summed E-state index contributed by atoms with van der Waals surface area (Å²) in [6.07, 6.45) is 4.39. The normalized spacial score (nSPS) is 35.4. The predicted octanol–water partition coefficient (Wildman–Crippen LogP) is 5.26. The van der Waals surface area contributed by atoms with Crippen molar-refractivity contribution >= 4 is 31.5 Å². The Labute approximate surface area is 133 Å². The van der Waals surface area contributed by atoms with Crippen molar-refractivity contribution in [2.24, 2.45) is 5.41 Å². The lowest BCUT2D eigenvalue weighted by Crippen LogP contribution is -2.40. The number of alkyl halides is 1. The van der Waals surface area contributed by atoms with Crippen LogP contribution in [0.4, 0.5) is 0 Å². The molecule has 0 aliphatic heterocycles. The van der Waals surface area contributed by atoms with Crippen LogP contribution in [-0.4, -0.2) is 26.1 Å². The van der Waals surface area contributed by atoms with E-state index in [1.807, 2.05) is 13.8 Å². The van der Waals surface area contributed by atoms with Crippen molar-refractivity contribution in [1.29, 1.82) is 0 Å². The first-order chi connectivity index (χ1) is 9.08. The van der Waals surface area contributed by atoms with Crippen molar-refractivity contribution < 1.29 is 9.16 Å². The van der Waals surface area contributed by atoms with Crippen LogP contribution in [0.2, 0.25) is 19.6 Å². The van der Waals surface area contributed by atoms with Gasteiger partial charge in [-0.15, -0.1) is 11.6 Å². The Morgan fingerprint density at radius 2 is 1.60 bits per heavy atom. The summed E-state index contributed by atoms with van der Waals surface area (Å²) in [4.78, 5) is -0.716. The molecular formula is C15H26Cl2O2Si. The average molecular weight is 337 g/mol. The molecule has 2 unspecified atom stereocenters. The molecule has 2 fully saturated rings. The lowest BCUT2D eigenvalue weighted by Gasteiger charge is -2.29. The van der Waals surface area contributed by atoms with Gasteiger partial charge >= 0.3 is 0 Å². The number of hydrogen-bond donors (Lipinski definition) is 0. The van der Waals surface area contributed by atoms with Gasteiger partial charge in [-0.1, -0.05) is 30.0 Å². The maximum absolute atomic E-state index is 7.06. The van der Waals surface area contributed by atoms with Crippen LogP contribution in [0.25, 0.3) is 0 Å². The highest BCUT2D eigenvalue weighted by Crippen LogP contribution is 2.81. The van der Waals surface area contributed by atoms with Crippen molar-refractivity contribution in [2.45, 2.75) is 69.8 Å². The molecule has 0 aromatic heterocycles. The summed E-state index contributed by atoms with van der Waals surface area (Å²) in [6, 6.07) is 0. The smallest absolute Gasteiger partial charge is 0.191 e. The minimum absolute atomic E-state index is 0.162. The zero-order valence-electron chi connectivity index (χ0n) is 13.4. The van der Waals surface area contributed by atoms with Crippen LogP contribution in [0.1, 0.15) is 39.5 Å². The molecule has 0 saturated heterocycles. The fraction of sp³-hybridized carbons (Fsp3) is 0.867. The number of allylic oxidation sites excluding steroid dienone is 1. The maximum Gasteiger partial charge on any atom is 0.191 e. The molecule has 2 saturated carbocycles. The minimum atomic E-state index is -1.80. The van der Waals surface area contributed by atoms with Crippen molar-refractivity contribution in [2.75, 3.05) is 7.11 Å². The summed E-state index contributed by atoms with van der Waals surface area (Å²) in [6.45, 7) is 10.5. The van der Waals surface area contributed by atoms with E-state index in [1.54, 1.807) is 7.11 Å². The molecule has 2 aliphatic carbocycles. The summed E-state index contributed by atoms with van der Waals surface area (Å²) in [5, 5.41) is 0.709. The molecule has 0 aromatic rings. The van der Waals surface area contributed by atoms with Crippen molar-refractivity contribution in [3.05, 3.63) is 10.6 Å². The average Bonchev–Trinajstić information content (AvgIpc) is 2.74. The number of hydrogen-bond acceptors (Lipinski definition) is 2. The SMILES string of the molecule is COC1(O[Si](C)(C)C)C2(CCCC2)C1(Cl)C(Cl)=C(C)C. The molecule has 0 amide bonds. The van der Waals surface area contributed by atoms with Gasteiger partial charge in [0.25, 0.3) is 0 Å². The van der Waals surface area contributed by atoms with E-state index in [-0.39, 0.29) is 5.41 Å². The Bertz CT molecular complexity index is 434. The molecule has 0 aromatic carbocycles. The highest BCUT2D eigenvalue weighted by atomic mass is 35.5. The molecule has 0 bridgehead atoms. The quantitative estimate of drug-likeness (QED) is 0.395. The van der Waals surface area contributed by atoms with Crippen molar-refractivity contribution in [1.82, 2.24) is 0 Å². The van der Waals surface area contributed by atoms with Gasteiger partial charge in [-0.05, 0) is 46.3 Å². The van der Waals surface area contributed by atoms with E-state index in [2.05, 4.69) is 19.6 Å². The van der Waals surface area contributed by atoms with Gasteiger partial charge < -0.3 is 9.16 Å². The van der Waals surface area contributed by atoms with Gasteiger partial charge in [0, 0.05) is 12.1 Å². The third kappa shape index (κ3) is 1.97. The predicted molar refractivity (Wildman–Crippen MR) is 87.9 cm³/mol. The number of ether oxygens (including phenoxy) is 1. The van der Waals surface area contributed by atoms with E-state index in [1.165, 1.54) is 12.8 Å². The summed E-state index contributed by atoms with van der Waals surface area (Å²) in [5.41, 5.74) is 0.885. The topological polar surface area (TPSA) is 18.5 Å². The Morgan fingerprint density at radius 3 is 1.95 bits per heavy atom. The fourth-order valence-corrected chi connectivity index (χ4v) is 6.33. The molecule has 0 radical (unpaired) electrons. The van der Waals surface area contributed by atoms with Crippen molar-refractivity contribution in [3.8, 4) is 0 Å². The van der Waals surface area contributed by atoms with Crippen LogP contribution < -0.4 is 0 Å². The van der Waals surface area contributed by atoms with Crippen LogP contribution in [0, 0.1) is 5.41 Å². The highest BCUT2D eigenvalue weighted by Gasteiger charge is 2.91. The molecule has 2 atom stereocenters. The number of methoxy groups -OCH3 is 1. The largest absolute Gasteiger partial charge is 0.389 e. The van der Waals surface area contributed by atoms with Gasteiger partial charge in [-0.3, -0.25) is 0 Å². The van der Waals surface area contributed by atoms with Crippen LogP contribution in [0.3, 0.4) is 0 Å². The third-order valence-corrected chi connectivity index (χ3v) is 7.07. The van der Waals surface area contributed by atoms with Gasteiger partial charge in [0.15, 0.2) is 14.1 Å². The molecule has 2 aliphatic rings. The highest BCUT2D eigenvalue weighted by molar-refractivity contribution is 6.70. The lowest BCUT2D eigenvalue weighted by molar-refractivity contribution is -0.119. The molecule has 116 valence electrons. The van der Waals surface area contributed by atoms with Gasteiger partial charge in [0.05, 0.1) is 5.41 Å². The second kappa shape index (κ2) is 4.99. The van der Waals surface area contributed by atoms with E-state index < -0.39 is 19.0 Å². The Balaban J connectivity index is 2.52. The van der Waals surface area contributed by atoms with Crippen LogP contribution in [-0.2, 0) is 9.16 Å². The standard InChI is InChI=1S/C15H26Cl2O2Si/c1-11(2)12(16)14(17)13(9-7-8-10-13)15(14,18-3)19-20(4,5)6/h7-10H2,1-6H3. The van der Waals surface area contributed by atoms with Crippen LogP contribution in [0.15, 0.2) is 10.6 Å². The first-order valence-corrected chi connectivity index (χ1v) is 11.5. The Hall–Kier alpha value is 0.457. The Morgan fingerprint density at radius 1 is 1.10 bits per heavy atom. The minimum Gasteiger partial charge on any atom is -0.389 e. The molecular weight excluding hydrogens is 311 g/mol. The van der Waals surface area contributed by atoms with E-state index in [4.69, 9.17) is 32.4 Å². The monoisotopic (exact) mass is 336 g/mol. The molecule has 0 heterocycles. The first kappa shape index (κ1) is 16.8. The van der Waals surface area contributed by atoms with Gasteiger partial charge in [0.1, 0.15) is 4.87 Å². The second-order valence-corrected chi connectivity index (χ2v) is 12.7. The molecule has 5 heteroatoms. The zero-order chi connectivity index (χ0) is 15.4. The summed E-state index contributed by atoms with van der Waals surface area (Å²) >= 11 is 13.7. The van der Waals surface area contributed by atoms with Crippen LogP contribution in [0.5, 0.6) is 0 Å². The number of halogens is 2. The molecule has 2 nitrogen and oxygen atoms in total. The molecule has 0 N–H and O–H groups in total. The van der Waals surface area contributed by atoms with Gasteiger partial charge in [-0.2, -0.15) is 0 Å². The van der Waals surface area contributed by atoms with Crippen molar-refractivity contribution in [3.63, 3.8) is 0 Å².